The predicted octanol–water partition coefficient (Wildman–Crippen LogP) is 2.53. The Morgan fingerprint density at radius 1 is 1.42 bits per heavy atom. The fourth-order valence-corrected chi connectivity index (χ4v) is 0. The number of aliphatic carboxylic acids is 1. The first-order valence-corrected chi connectivity index (χ1v) is 7.15. The zero-order valence-electron chi connectivity index (χ0n) is 8.72. The second-order valence-corrected chi connectivity index (χ2v) is 7.39. The van der Waals surface area contributed by atoms with E-state index in [1.807, 2.05) is 0 Å². The van der Waals surface area contributed by atoms with Gasteiger partial charge >= 0.3 is 5.97 Å². The number of hydrogen-bond acceptors (Lipinski definition) is 1. The van der Waals surface area contributed by atoms with Crippen LogP contribution in [0.1, 0.15) is 20.8 Å². The molecule has 0 saturated heterocycles. The summed E-state index contributed by atoms with van der Waals surface area (Å²) in [5, 5.41) is 7.89. The van der Waals surface area contributed by atoms with Gasteiger partial charge in [-0.05, 0) is 6.92 Å². The zero-order valence-corrected chi connectivity index (χ0v) is 9.87. The van der Waals surface area contributed by atoms with Gasteiger partial charge in [-0.15, -0.1) is 0 Å². The SMILES string of the molecule is C=C(C)C(=O)O.CC(C)[SiH](C)C. The van der Waals surface area contributed by atoms with Crippen molar-refractivity contribution in [2.75, 3.05) is 0 Å². The summed E-state index contributed by atoms with van der Waals surface area (Å²) in [5.41, 5.74) is 1.17. The minimum atomic E-state index is -0.935. The molecule has 0 aromatic carbocycles. The molecular formula is C9H20O2Si. The van der Waals surface area contributed by atoms with E-state index in [1.165, 1.54) is 6.92 Å². The zero-order chi connectivity index (χ0) is 10.3. The summed E-state index contributed by atoms with van der Waals surface area (Å²) in [6, 6.07) is 0. The normalized spacial score (nSPS) is 9.25. The maximum absolute atomic E-state index is 9.60. The molecule has 0 amide bonds. The van der Waals surface area contributed by atoms with Crippen LogP contribution in [-0.2, 0) is 4.79 Å². The second-order valence-electron chi connectivity index (χ2n) is 3.57. The van der Waals surface area contributed by atoms with Gasteiger partial charge in [0.05, 0.1) is 0 Å². The van der Waals surface area contributed by atoms with Crippen molar-refractivity contribution in [3.8, 4) is 0 Å². The maximum atomic E-state index is 9.60. The van der Waals surface area contributed by atoms with Crippen molar-refractivity contribution < 1.29 is 9.90 Å². The minimum Gasteiger partial charge on any atom is -0.478 e. The van der Waals surface area contributed by atoms with Gasteiger partial charge in [0.15, 0.2) is 0 Å². The van der Waals surface area contributed by atoms with E-state index < -0.39 is 5.97 Å². The Labute approximate surface area is 76.9 Å². The van der Waals surface area contributed by atoms with Crippen LogP contribution < -0.4 is 0 Å². The van der Waals surface area contributed by atoms with E-state index in [9.17, 15) is 4.79 Å². The topological polar surface area (TPSA) is 37.3 Å². The second kappa shape index (κ2) is 7.10. The maximum Gasteiger partial charge on any atom is 0.330 e. The minimum absolute atomic E-state index is 0.176. The number of carboxylic acids is 1. The molecule has 12 heavy (non-hydrogen) atoms. The van der Waals surface area contributed by atoms with Crippen LogP contribution in [0.4, 0.5) is 0 Å². The highest BCUT2D eigenvalue weighted by Crippen LogP contribution is 2.04. The van der Waals surface area contributed by atoms with Gasteiger partial charge in [0, 0.05) is 14.4 Å². The summed E-state index contributed by atoms with van der Waals surface area (Å²) >= 11 is 0. The van der Waals surface area contributed by atoms with Crippen LogP contribution in [-0.4, -0.2) is 19.9 Å². The van der Waals surface area contributed by atoms with Gasteiger partial charge < -0.3 is 5.11 Å². The standard InChI is InChI=1S/C5H14Si.C4H6O2/c1-5(2)6(3)4;1-3(2)4(5)6/h5-6H,1-4H3;1H2,2H3,(H,5,6). The van der Waals surface area contributed by atoms with E-state index in [0.29, 0.717) is 0 Å². The molecule has 0 aromatic heterocycles. The van der Waals surface area contributed by atoms with Gasteiger partial charge in [-0.25, -0.2) is 4.79 Å². The Kier molecular flexibility index (Phi) is 8.27. The Morgan fingerprint density at radius 3 is 1.58 bits per heavy atom. The van der Waals surface area contributed by atoms with Crippen molar-refractivity contribution in [3.05, 3.63) is 12.2 Å². The summed E-state index contributed by atoms with van der Waals surface area (Å²) in [6.07, 6.45) is 0. The summed E-state index contributed by atoms with van der Waals surface area (Å²) in [4.78, 5) is 9.60. The van der Waals surface area contributed by atoms with E-state index in [1.54, 1.807) is 0 Å². The smallest absolute Gasteiger partial charge is 0.330 e. The molecule has 0 saturated carbocycles. The lowest BCUT2D eigenvalue weighted by atomic mass is 10.4. The Bertz CT molecular complexity index is 133. The van der Waals surface area contributed by atoms with Crippen LogP contribution in [0.3, 0.4) is 0 Å². The van der Waals surface area contributed by atoms with Crippen LogP contribution in [0.2, 0.25) is 18.6 Å². The molecular weight excluding hydrogens is 168 g/mol. The van der Waals surface area contributed by atoms with Crippen molar-refractivity contribution >= 4 is 14.8 Å². The molecule has 0 radical (unpaired) electrons. The number of carbonyl (C=O) groups is 1. The van der Waals surface area contributed by atoms with Crippen LogP contribution in [0.15, 0.2) is 12.2 Å². The highest BCUT2D eigenvalue weighted by Gasteiger charge is 1.97. The van der Waals surface area contributed by atoms with Crippen LogP contribution in [0.5, 0.6) is 0 Å². The number of carboxylic acid groups (broad SMARTS) is 1. The average molecular weight is 188 g/mol. The summed E-state index contributed by atoms with van der Waals surface area (Å²) in [7, 11) is -0.244. The monoisotopic (exact) mass is 188 g/mol. The van der Waals surface area contributed by atoms with Gasteiger partial charge in [-0.1, -0.05) is 39.1 Å². The molecule has 72 valence electrons. The molecule has 0 heterocycles. The van der Waals surface area contributed by atoms with E-state index in [4.69, 9.17) is 5.11 Å². The lowest BCUT2D eigenvalue weighted by Crippen LogP contribution is -2.03. The van der Waals surface area contributed by atoms with Crippen LogP contribution >= 0.6 is 0 Å². The third-order valence-corrected chi connectivity index (χ3v) is 4.37. The van der Waals surface area contributed by atoms with Gasteiger partial charge in [-0.3, -0.25) is 0 Å². The third kappa shape index (κ3) is 12.1. The fraction of sp³-hybridized carbons (Fsp3) is 0.667. The predicted molar refractivity (Wildman–Crippen MR) is 56.4 cm³/mol. The lowest BCUT2D eigenvalue weighted by Gasteiger charge is -2.03. The molecule has 0 spiro atoms. The molecule has 0 rings (SSSR count). The van der Waals surface area contributed by atoms with Crippen molar-refractivity contribution in [1.82, 2.24) is 0 Å². The largest absolute Gasteiger partial charge is 0.478 e. The van der Waals surface area contributed by atoms with Gasteiger partial charge in [-0.2, -0.15) is 0 Å². The molecule has 0 atom stereocenters. The van der Waals surface area contributed by atoms with Crippen molar-refractivity contribution in [2.45, 2.75) is 39.4 Å². The quantitative estimate of drug-likeness (QED) is 0.534. The highest BCUT2D eigenvalue weighted by molar-refractivity contribution is 6.57. The summed E-state index contributed by atoms with van der Waals surface area (Å²) in [5.74, 6) is -0.935. The number of hydrogen-bond donors (Lipinski definition) is 1. The summed E-state index contributed by atoms with van der Waals surface area (Å²) in [6.45, 7) is 14.0. The molecule has 0 fully saturated rings. The highest BCUT2D eigenvalue weighted by atomic mass is 28.3. The molecule has 3 heteroatoms. The molecule has 1 N–H and O–H groups in total. The molecule has 0 aliphatic carbocycles. The molecule has 0 aromatic rings. The van der Waals surface area contributed by atoms with Crippen LogP contribution in [0, 0.1) is 0 Å². The van der Waals surface area contributed by atoms with Crippen molar-refractivity contribution in [1.29, 1.82) is 0 Å². The van der Waals surface area contributed by atoms with Crippen molar-refractivity contribution in [3.63, 3.8) is 0 Å². The molecule has 0 bridgehead atoms. The Hall–Kier alpha value is -0.573. The van der Waals surface area contributed by atoms with Crippen LogP contribution in [0.25, 0.3) is 0 Å². The van der Waals surface area contributed by atoms with E-state index in [0.717, 1.165) is 5.54 Å². The van der Waals surface area contributed by atoms with Gasteiger partial charge in [0.25, 0.3) is 0 Å². The Balaban J connectivity index is 0. The molecule has 0 unspecified atom stereocenters. The third-order valence-electron chi connectivity index (χ3n) is 1.70. The first-order chi connectivity index (χ1) is 5.29. The summed E-state index contributed by atoms with van der Waals surface area (Å²) < 4.78 is 0. The first kappa shape index (κ1) is 14.0. The Morgan fingerprint density at radius 2 is 1.58 bits per heavy atom. The fourth-order valence-electron chi connectivity index (χ4n) is 0. The van der Waals surface area contributed by atoms with E-state index in [2.05, 4.69) is 33.5 Å². The number of rotatable bonds is 2. The van der Waals surface area contributed by atoms with Gasteiger partial charge in [0.1, 0.15) is 0 Å². The van der Waals surface area contributed by atoms with Crippen molar-refractivity contribution in [2.24, 2.45) is 0 Å². The molecule has 0 aliphatic heterocycles. The molecule has 2 nitrogen and oxygen atoms in total. The van der Waals surface area contributed by atoms with E-state index >= 15 is 0 Å². The molecule has 0 aliphatic rings. The lowest BCUT2D eigenvalue weighted by molar-refractivity contribution is -0.132. The average Bonchev–Trinajstić information content (AvgIpc) is 1.88. The first-order valence-electron chi connectivity index (χ1n) is 4.17. The van der Waals surface area contributed by atoms with E-state index in [-0.39, 0.29) is 14.4 Å². The van der Waals surface area contributed by atoms with Gasteiger partial charge in [0.2, 0.25) is 0 Å².